The summed E-state index contributed by atoms with van der Waals surface area (Å²) in [5.41, 5.74) is 0. The van der Waals surface area contributed by atoms with Crippen LogP contribution in [0.2, 0.25) is 0 Å². The van der Waals surface area contributed by atoms with Crippen LogP contribution in [0.1, 0.15) is 6.42 Å². The van der Waals surface area contributed by atoms with Crippen molar-refractivity contribution in [3.63, 3.8) is 0 Å². The first-order chi connectivity index (χ1) is 4.34. The molecule has 9 heavy (non-hydrogen) atoms. The minimum Gasteiger partial charge on any atom is -0.379 e. The zero-order valence-corrected chi connectivity index (χ0v) is 5.46. The number of carbonyl (C=O) groups excluding carboxylic acids is 1. The van der Waals surface area contributed by atoms with Crippen LogP contribution in [0.5, 0.6) is 0 Å². The van der Waals surface area contributed by atoms with Crippen LogP contribution >= 0.6 is 0 Å². The lowest BCUT2D eigenvalue weighted by atomic mass is 10.2. The number of likely N-dealkylation sites (N-methyl/N-ethyl adjacent to an activating group) is 1. The van der Waals surface area contributed by atoms with Gasteiger partial charge < -0.3 is 9.64 Å². The topological polar surface area (TPSA) is 29.5 Å². The van der Waals surface area contributed by atoms with Gasteiger partial charge in [-0.2, -0.15) is 0 Å². The predicted molar refractivity (Wildman–Crippen MR) is 32.7 cm³/mol. The van der Waals surface area contributed by atoms with E-state index < -0.39 is 0 Å². The highest BCUT2D eigenvalue weighted by atomic mass is 16.5. The standard InChI is InChI=1S/C6H10NO2/c1-7(5-8)6-2-3-9-4-6/h6H,2-4H2,1H3. The lowest BCUT2D eigenvalue weighted by Gasteiger charge is -2.15. The van der Waals surface area contributed by atoms with E-state index >= 15 is 0 Å². The molecule has 1 amide bonds. The quantitative estimate of drug-likeness (QED) is 0.481. The Labute approximate surface area is 54.6 Å². The van der Waals surface area contributed by atoms with Gasteiger partial charge in [-0.3, -0.25) is 4.79 Å². The molecule has 0 spiro atoms. The summed E-state index contributed by atoms with van der Waals surface area (Å²) in [5, 5.41) is 0. The van der Waals surface area contributed by atoms with Crippen LogP contribution < -0.4 is 0 Å². The van der Waals surface area contributed by atoms with Gasteiger partial charge >= 0.3 is 6.41 Å². The summed E-state index contributed by atoms with van der Waals surface area (Å²) in [5.74, 6) is 0. The fourth-order valence-electron chi connectivity index (χ4n) is 0.902. The normalized spacial score (nSPS) is 26.1. The molecule has 0 aliphatic carbocycles. The van der Waals surface area contributed by atoms with Crippen molar-refractivity contribution in [2.24, 2.45) is 0 Å². The lowest BCUT2D eigenvalue weighted by Crippen LogP contribution is -2.30. The molecule has 3 heteroatoms. The number of amides is 1. The summed E-state index contributed by atoms with van der Waals surface area (Å²) < 4.78 is 5.06. The largest absolute Gasteiger partial charge is 0.379 e. The third-order valence-corrected chi connectivity index (χ3v) is 1.60. The molecule has 1 heterocycles. The molecule has 1 rings (SSSR count). The molecule has 1 fully saturated rings. The van der Waals surface area contributed by atoms with Crippen LogP contribution in [0, 0.1) is 0 Å². The Hall–Kier alpha value is -0.570. The average molecular weight is 128 g/mol. The highest BCUT2D eigenvalue weighted by Gasteiger charge is 2.18. The number of hydrogen-bond acceptors (Lipinski definition) is 2. The van der Waals surface area contributed by atoms with Crippen molar-refractivity contribution in [1.82, 2.24) is 4.90 Å². The van der Waals surface area contributed by atoms with Gasteiger partial charge in [0, 0.05) is 13.7 Å². The summed E-state index contributed by atoms with van der Waals surface area (Å²) in [6.07, 6.45) is 2.76. The fraction of sp³-hybridized carbons (Fsp3) is 0.833. The monoisotopic (exact) mass is 128 g/mol. The fourth-order valence-corrected chi connectivity index (χ4v) is 0.902. The number of hydrogen-bond donors (Lipinski definition) is 0. The van der Waals surface area contributed by atoms with E-state index in [0.717, 1.165) is 13.0 Å². The van der Waals surface area contributed by atoms with Gasteiger partial charge in [-0.25, -0.2) is 0 Å². The first kappa shape index (κ1) is 6.55. The maximum Gasteiger partial charge on any atom is 0.312 e. The van der Waals surface area contributed by atoms with Crippen LogP contribution in [0.4, 0.5) is 0 Å². The minimum absolute atomic E-state index is 0.266. The minimum atomic E-state index is 0.266. The van der Waals surface area contributed by atoms with Gasteiger partial charge in [-0.1, -0.05) is 0 Å². The van der Waals surface area contributed by atoms with Crippen molar-refractivity contribution in [3.05, 3.63) is 0 Å². The van der Waals surface area contributed by atoms with Crippen molar-refractivity contribution in [1.29, 1.82) is 0 Å². The van der Waals surface area contributed by atoms with Crippen LogP contribution in [0.15, 0.2) is 0 Å². The summed E-state index contributed by atoms with van der Waals surface area (Å²) in [7, 11) is 1.73. The van der Waals surface area contributed by atoms with Gasteiger partial charge in [0.1, 0.15) is 0 Å². The van der Waals surface area contributed by atoms with Crippen LogP contribution in [-0.2, 0) is 9.53 Å². The Morgan fingerprint density at radius 2 is 2.56 bits per heavy atom. The first-order valence-electron chi connectivity index (χ1n) is 3.03. The number of nitrogens with zero attached hydrogens (tertiary/aromatic N) is 1. The van der Waals surface area contributed by atoms with Crippen molar-refractivity contribution in [2.45, 2.75) is 12.5 Å². The summed E-state index contributed by atoms with van der Waals surface area (Å²) in [6.45, 7) is 1.45. The molecule has 1 unspecified atom stereocenters. The molecule has 51 valence electrons. The highest BCUT2D eigenvalue weighted by Crippen LogP contribution is 2.07. The van der Waals surface area contributed by atoms with E-state index in [2.05, 4.69) is 0 Å². The van der Waals surface area contributed by atoms with Gasteiger partial charge in [0.25, 0.3) is 0 Å². The molecular formula is C6H10NO2. The molecule has 0 N–H and O–H groups in total. The number of rotatable bonds is 2. The second kappa shape index (κ2) is 2.82. The van der Waals surface area contributed by atoms with Crippen LogP contribution in [0.3, 0.4) is 0 Å². The third kappa shape index (κ3) is 1.42. The molecule has 0 aromatic carbocycles. The van der Waals surface area contributed by atoms with E-state index in [1.807, 2.05) is 6.41 Å². The smallest absolute Gasteiger partial charge is 0.312 e. The first-order valence-corrected chi connectivity index (χ1v) is 3.03. The maximum atomic E-state index is 10.0. The molecule has 1 aliphatic rings. The van der Waals surface area contributed by atoms with Crippen molar-refractivity contribution in [3.8, 4) is 0 Å². The molecule has 1 saturated heterocycles. The van der Waals surface area contributed by atoms with E-state index in [1.165, 1.54) is 4.90 Å². The van der Waals surface area contributed by atoms with Gasteiger partial charge in [-0.05, 0) is 6.42 Å². The van der Waals surface area contributed by atoms with Crippen molar-refractivity contribution in [2.75, 3.05) is 20.3 Å². The summed E-state index contributed by atoms with van der Waals surface area (Å²) >= 11 is 0. The zero-order chi connectivity index (χ0) is 6.69. The predicted octanol–water partition coefficient (Wildman–Crippen LogP) is -0.226. The second-order valence-corrected chi connectivity index (χ2v) is 2.22. The van der Waals surface area contributed by atoms with E-state index in [9.17, 15) is 4.79 Å². The second-order valence-electron chi connectivity index (χ2n) is 2.22. The highest BCUT2D eigenvalue weighted by molar-refractivity contribution is 5.48. The SMILES string of the molecule is CN([C]=O)C1CCOC1. The Morgan fingerprint density at radius 3 is 3.00 bits per heavy atom. The lowest BCUT2D eigenvalue weighted by molar-refractivity contribution is 0.178. The molecular weight excluding hydrogens is 118 g/mol. The summed E-state index contributed by atoms with van der Waals surface area (Å²) in [4.78, 5) is 11.6. The van der Waals surface area contributed by atoms with Gasteiger partial charge in [0.05, 0.1) is 12.6 Å². The average Bonchev–Trinajstić information content (AvgIpc) is 2.37. The van der Waals surface area contributed by atoms with Crippen molar-refractivity contribution < 1.29 is 9.53 Å². The molecule has 1 aliphatic heterocycles. The molecule has 0 aromatic rings. The Kier molecular flexibility index (Phi) is 2.05. The summed E-state index contributed by atoms with van der Waals surface area (Å²) in [6, 6.07) is 0.266. The Bertz CT molecular complexity index is 99.2. The molecule has 0 saturated carbocycles. The van der Waals surface area contributed by atoms with Crippen LogP contribution in [-0.4, -0.2) is 37.6 Å². The molecule has 0 aromatic heterocycles. The molecule has 1 radical (unpaired) electrons. The van der Waals surface area contributed by atoms with Gasteiger partial charge in [-0.15, -0.1) is 0 Å². The maximum absolute atomic E-state index is 10.0. The zero-order valence-electron chi connectivity index (χ0n) is 5.46. The van der Waals surface area contributed by atoms with Gasteiger partial charge in [0.15, 0.2) is 0 Å². The molecule has 3 nitrogen and oxygen atoms in total. The number of ether oxygens (including phenoxy) is 1. The van der Waals surface area contributed by atoms with E-state index in [4.69, 9.17) is 4.74 Å². The third-order valence-electron chi connectivity index (χ3n) is 1.60. The van der Waals surface area contributed by atoms with E-state index in [-0.39, 0.29) is 6.04 Å². The molecule has 1 atom stereocenters. The Balaban J connectivity index is 2.32. The van der Waals surface area contributed by atoms with E-state index in [1.54, 1.807) is 7.05 Å². The van der Waals surface area contributed by atoms with Gasteiger partial charge in [0.2, 0.25) is 0 Å². The van der Waals surface area contributed by atoms with E-state index in [0.29, 0.717) is 6.61 Å². The van der Waals surface area contributed by atoms with Crippen molar-refractivity contribution >= 4 is 6.41 Å². The van der Waals surface area contributed by atoms with Crippen LogP contribution in [0.25, 0.3) is 0 Å². The molecule has 0 bridgehead atoms. The Morgan fingerprint density at radius 1 is 1.78 bits per heavy atom.